The highest BCUT2D eigenvalue weighted by Gasteiger charge is 2.42. The predicted octanol–water partition coefficient (Wildman–Crippen LogP) is 1.69. The first kappa shape index (κ1) is 16.5. The highest BCUT2D eigenvalue weighted by molar-refractivity contribution is 5.80. The first-order chi connectivity index (χ1) is 12.3. The minimum absolute atomic E-state index is 0.355. The summed E-state index contributed by atoms with van der Waals surface area (Å²) < 4.78 is 16.9. The summed E-state index contributed by atoms with van der Waals surface area (Å²) in [6.45, 7) is 6.03. The number of aliphatic imine (C=N–C) groups is 1. The Morgan fingerprint density at radius 1 is 1.20 bits per heavy atom. The maximum Gasteiger partial charge on any atom is 0.193 e. The molecule has 3 aliphatic heterocycles. The zero-order valence-corrected chi connectivity index (χ0v) is 14.9. The first-order valence-corrected chi connectivity index (χ1v) is 9.20. The van der Waals surface area contributed by atoms with Gasteiger partial charge in [0.15, 0.2) is 17.5 Å². The van der Waals surface area contributed by atoms with Gasteiger partial charge in [-0.2, -0.15) is 0 Å². The van der Waals surface area contributed by atoms with Crippen molar-refractivity contribution < 1.29 is 14.2 Å². The lowest BCUT2D eigenvalue weighted by Gasteiger charge is -2.25. The summed E-state index contributed by atoms with van der Waals surface area (Å²) >= 11 is 0. The molecule has 4 rings (SSSR count). The molecule has 136 valence electrons. The number of ether oxygens (including phenoxy) is 3. The lowest BCUT2D eigenvalue weighted by molar-refractivity contribution is 0.156. The van der Waals surface area contributed by atoms with Crippen LogP contribution in [-0.4, -0.2) is 64.0 Å². The van der Waals surface area contributed by atoms with Gasteiger partial charge in [0.25, 0.3) is 0 Å². The molecule has 0 bridgehead atoms. The second-order valence-corrected chi connectivity index (χ2v) is 7.18. The number of hydrogen-bond donors (Lipinski definition) is 1. The van der Waals surface area contributed by atoms with Crippen molar-refractivity contribution in [3.05, 3.63) is 23.8 Å². The summed E-state index contributed by atoms with van der Waals surface area (Å²) in [5, 5.41) is 3.51. The molecule has 6 nitrogen and oxygen atoms in total. The van der Waals surface area contributed by atoms with Gasteiger partial charge in [-0.25, -0.2) is 0 Å². The molecular formula is C19H27N3O3. The van der Waals surface area contributed by atoms with Crippen molar-refractivity contribution in [2.24, 2.45) is 10.4 Å². The molecule has 0 aromatic heterocycles. The Bertz CT molecular complexity index is 641. The summed E-state index contributed by atoms with van der Waals surface area (Å²) in [6.07, 6.45) is 3.31. The maximum absolute atomic E-state index is 5.66. The minimum atomic E-state index is 0.355. The number of guanidine groups is 1. The number of likely N-dealkylation sites (tertiary alicyclic amines) is 1. The number of nitrogens with one attached hydrogen (secondary N) is 1. The third-order valence-electron chi connectivity index (χ3n) is 5.44. The maximum atomic E-state index is 5.66. The van der Waals surface area contributed by atoms with E-state index in [1.165, 1.54) is 18.4 Å². The van der Waals surface area contributed by atoms with E-state index in [1.807, 2.05) is 13.1 Å². The lowest BCUT2D eigenvalue weighted by Crippen LogP contribution is -2.42. The number of hydrogen-bond acceptors (Lipinski definition) is 4. The van der Waals surface area contributed by atoms with Gasteiger partial charge in [0.2, 0.25) is 0 Å². The molecule has 1 N–H and O–H groups in total. The molecule has 2 fully saturated rings. The largest absolute Gasteiger partial charge is 0.486 e. The Hall–Kier alpha value is -1.95. The molecule has 1 unspecified atom stereocenters. The van der Waals surface area contributed by atoms with Crippen molar-refractivity contribution >= 4 is 5.96 Å². The van der Waals surface area contributed by atoms with Crippen molar-refractivity contribution in [1.82, 2.24) is 10.2 Å². The second-order valence-electron chi connectivity index (χ2n) is 7.18. The molecule has 25 heavy (non-hydrogen) atoms. The van der Waals surface area contributed by atoms with Crippen molar-refractivity contribution in [3.8, 4) is 11.5 Å². The highest BCUT2D eigenvalue weighted by Crippen LogP contribution is 2.38. The zero-order chi connectivity index (χ0) is 17.1. The first-order valence-electron chi connectivity index (χ1n) is 9.20. The molecular weight excluding hydrogens is 318 g/mol. The van der Waals surface area contributed by atoms with Crippen LogP contribution in [-0.2, 0) is 11.2 Å². The fraction of sp³-hybridized carbons (Fsp3) is 0.632. The summed E-state index contributed by atoms with van der Waals surface area (Å²) in [5.74, 6) is 2.71. The van der Waals surface area contributed by atoms with Gasteiger partial charge in [-0.3, -0.25) is 4.99 Å². The van der Waals surface area contributed by atoms with E-state index in [2.05, 4.69) is 27.3 Å². The Labute approximate surface area is 149 Å². The van der Waals surface area contributed by atoms with Crippen molar-refractivity contribution in [2.75, 3.05) is 53.1 Å². The van der Waals surface area contributed by atoms with Crippen molar-refractivity contribution in [2.45, 2.75) is 19.3 Å². The van der Waals surface area contributed by atoms with Crippen LogP contribution in [0, 0.1) is 5.41 Å². The molecule has 0 aliphatic carbocycles. The molecule has 0 saturated carbocycles. The molecule has 3 heterocycles. The van der Waals surface area contributed by atoms with Crippen molar-refractivity contribution in [3.63, 3.8) is 0 Å². The fourth-order valence-corrected chi connectivity index (χ4v) is 3.98. The van der Waals surface area contributed by atoms with E-state index >= 15 is 0 Å². The van der Waals surface area contributed by atoms with E-state index in [4.69, 9.17) is 14.2 Å². The Morgan fingerprint density at radius 2 is 2.08 bits per heavy atom. The molecule has 0 amide bonds. The lowest BCUT2D eigenvalue weighted by atomic mass is 9.87. The SMILES string of the molecule is CN=C(NCCc1ccc2c(c1)OCCO2)N1CCC2(CCOC2)C1. The van der Waals surface area contributed by atoms with Crippen LogP contribution < -0.4 is 14.8 Å². The van der Waals surface area contributed by atoms with Gasteiger partial charge in [0.1, 0.15) is 13.2 Å². The van der Waals surface area contributed by atoms with Crippen LogP contribution in [0.25, 0.3) is 0 Å². The van der Waals surface area contributed by atoms with E-state index in [1.54, 1.807) is 0 Å². The Balaban J connectivity index is 1.30. The number of nitrogens with zero attached hydrogens (tertiary/aromatic N) is 2. The molecule has 1 atom stereocenters. The van der Waals surface area contributed by atoms with Gasteiger partial charge in [0.05, 0.1) is 6.61 Å². The van der Waals surface area contributed by atoms with Gasteiger partial charge in [-0.1, -0.05) is 6.07 Å². The van der Waals surface area contributed by atoms with Gasteiger partial charge in [-0.15, -0.1) is 0 Å². The van der Waals surface area contributed by atoms with Crippen LogP contribution in [0.15, 0.2) is 23.2 Å². The number of rotatable bonds is 3. The van der Waals surface area contributed by atoms with Crippen LogP contribution >= 0.6 is 0 Å². The van der Waals surface area contributed by atoms with E-state index in [9.17, 15) is 0 Å². The fourth-order valence-electron chi connectivity index (χ4n) is 3.98. The summed E-state index contributed by atoms with van der Waals surface area (Å²) in [4.78, 5) is 6.85. The molecule has 2 saturated heterocycles. The third kappa shape index (κ3) is 3.54. The van der Waals surface area contributed by atoms with Crippen LogP contribution in [0.1, 0.15) is 18.4 Å². The molecule has 1 aromatic rings. The van der Waals surface area contributed by atoms with E-state index in [0.717, 1.165) is 56.7 Å². The second kappa shape index (κ2) is 7.12. The molecule has 1 spiro atoms. The third-order valence-corrected chi connectivity index (χ3v) is 5.44. The average Bonchev–Trinajstić information content (AvgIpc) is 3.29. The summed E-state index contributed by atoms with van der Waals surface area (Å²) in [6, 6.07) is 6.20. The quantitative estimate of drug-likeness (QED) is 0.667. The molecule has 3 aliphatic rings. The van der Waals surface area contributed by atoms with Crippen LogP contribution in [0.2, 0.25) is 0 Å². The van der Waals surface area contributed by atoms with E-state index in [-0.39, 0.29) is 0 Å². The standard InChI is InChI=1S/C19H27N3O3/c1-20-18(22-8-5-19(13-22)6-9-23-14-19)21-7-4-15-2-3-16-17(12-15)25-11-10-24-16/h2-3,12H,4-11,13-14H2,1H3,(H,20,21). The van der Waals surface area contributed by atoms with Crippen LogP contribution in [0.3, 0.4) is 0 Å². The molecule has 1 aromatic carbocycles. The van der Waals surface area contributed by atoms with Gasteiger partial charge in [-0.05, 0) is 37.0 Å². The predicted molar refractivity (Wildman–Crippen MR) is 96.6 cm³/mol. The van der Waals surface area contributed by atoms with Gasteiger partial charge >= 0.3 is 0 Å². The van der Waals surface area contributed by atoms with Gasteiger partial charge in [0, 0.05) is 38.7 Å². The van der Waals surface area contributed by atoms with Crippen LogP contribution in [0.5, 0.6) is 11.5 Å². The number of benzene rings is 1. The van der Waals surface area contributed by atoms with Crippen molar-refractivity contribution in [1.29, 1.82) is 0 Å². The average molecular weight is 345 g/mol. The summed E-state index contributed by atoms with van der Waals surface area (Å²) in [5.41, 5.74) is 1.60. The Morgan fingerprint density at radius 3 is 2.88 bits per heavy atom. The smallest absolute Gasteiger partial charge is 0.193 e. The van der Waals surface area contributed by atoms with Crippen LogP contribution in [0.4, 0.5) is 0 Å². The monoisotopic (exact) mass is 345 g/mol. The van der Waals surface area contributed by atoms with Gasteiger partial charge < -0.3 is 24.4 Å². The van der Waals surface area contributed by atoms with E-state index in [0.29, 0.717) is 18.6 Å². The highest BCUT2D eigenvalue weighted by atomic mass is 16.6. The Kier molecular flexibility index (Phi) is 4.70. The summed E-state index contributed by atoms with van der Waals surface area (Å²) in [7, 11) is 1.86. The van der Waals surface area contributed by atoms with E-state index < -0.39 is 0 Å². The zero-order valence-electron chi connectivity index (χ0n) is 14.9. The normalized spacial score (nSPS) is 25.6. The molecule has 6 heteroatoms. The minimum Gasteiger partial charge on any atom is -0.486 e. The topological polar surface area (TPSA) is 55.3 Å². The number of fused-ring (bicyclic) bond motifs is 1. The molecule has 0 radical (unpaired) electrons.